The van der Waals surface area contributed by atoms with Crippen LogP contribution in [0.2, 0.25) is 0 Å². The Morgan fingerprint density at radius 1 is 0.708 bits per heavy atom. The molecule has 24 heavy (non-hydrogen) atoms. The molecule has 0 N–H and O–H groups in total. The Morgan fingerprint density at radius 2 is 1.12 bits per heavy atom. The molecule has 0 aliphatic rings. The minimum absolute atomic E-state index is 0.0751. The van der Waals surface area contributed by atoms with Gasteiger partial charge in [-0.25, -0.2) is 0 Å². The summed E-state index contributed by atoms with van der Waals surface area (Å²) in [4.78, 5) is 12.1. The third kappa shape index (κ3) is 15.8. The molecule has 2 nitrogen and oxygen atoms in total. The summed E-state index contributed by atoms with van der Waals surface area (Å²) in [5.74, 6) is 0.0751. The molecule has 144 valence electrons. The first-order chi connectivity index (χ1) is 11.8. The van der Waals surface area contributed by atoms with Crippen LogP contribution in [0, 0.1) is 0 Å². The van der Waals surface area contributed by atoms with Crippen LogP contribution < -0.4 is 0 Å². The molecule has 0 heterocycles. The van der Waals surface area contributed by atoms with Gasteiger partial charge in [0.05, 0.1) is 12.0 Å². The van der Waals surface area contributed by atoms with Crippen LogP contribution in [0.4, 0.5) is 0 Å². The number of hydrogen-bond acceptors (Lipinski definition) is 2. The van der Waals surface area contributed by atoms with Gasteiger partial charge in [-0.1, -0.05) is 78.1 Å². The Kier molecular flexibility index (Phi) is 19.9. The van der Waals surface area contributed by atoms with Crippen molar-refractivity contribution in [1.29, 1.82) is 0 Å². The molecule has 0 aliphatic heterocycles. The summed E-state index contributed by atoms with van der Waals surface area (Å²) in [5, 5.41) is 0.205. The summed E-state index contributed by atoms with van der Waals surface area (Å²) in [6, 6.07) is 0. The minimum atomic E-state index is 0.0751. The van der Waals surface area contributed by atoms with E-state index < -0.39 is 0 Å². The van der Waals surface area contributed by atoms with Crippen LogP contribution in [0.25, 0.3) is 0 Å². The zero-order valence-electron chi connectivity index (χ0n) is 16.5. The summed E-state index contributed by atoms with van der Waals surface area (Å²) in [7, 11) is 1.55. The van der Waals surface area contributed by atoms with Gasteiger partial charge in [-0.05, 0) is 32.1 Å². The maximum Gasteiger partial charge on any atom is 0.317 e. The van der Waals surface area contributed by atoms with E-state index in [2.05, 4.69) is 13.8 Å². The van der Waals surface area contributed by atoms with Crippen LogP contribution >= 0.6 is 17.2 Å². The third-order valence-corrected chi connectivity index (χ3v) is 8.08. The lowest BCUT2D eigenvalue weighted by Crippen LogP contribution is -2.16. The highest BCUT2D eigenvalue weighted by Crippen LogP contribution is 2.37. The van der Waals surface area contributed by atoms with Gasteiger partial charge in [0, 0.05) is 0 Å². The van der Waals surface area contributed by atoms with Gasteiger partial charge in [0.2, 0.25) is 0 Å². The Bertz CT molecular complexity index is 254. The van der Waals surface area contributed by atoms with E-state index in [1.807, 2.05) is 6.92 Å². The monoisotopic (exact) mass is 376 g/mol. The molecule has 2 atom stereocenters. The average molecular weight is 377 g/mol. The quantitative estimate of drug-likeness (QED) is 0.147. The molecule has 0 aromatic rings. The largest absolute Gasteiger partial charge is 0.465 e. The predicted molar refractivity (Wildman–Crippen MR) is 114 cm³/mol. The molecule has 0 spiro atoms. The van der Waals surface area contributed by atoms with Crippen molar-refractivity contribution < 1.29 is 9.53 Å². The van der Waals surface area contributed by atoms with Gasteiger partial charge >= 0.3 is 5.97 Å². The van der Waals surface area contributed by atoms with E-state index in [-0.39, 0.29) is 11.4 Å². The van der Waals surface area contributed by atoms with Crippen LogP contribution in [0.5, 0.6) is 0 Å². The van der Waals surface area contributed by atoms with Gasteiger partial charge in [-0.15, -0.1) is 17.2 Å². The molecule has 0 aromatic heterocycles. The van der Waals surface area contributed by atoms with Crippen molar-refractivity contribution in [2.24, 2.45) is 0 Å². The summed E-state index contributed by atoms with van der Waals surface area (Å²) in [6.45, 7) is 6.97. The van der Waals surface area contributed by atoms with Crippen molar-refractivity contribution in [3.63, 3.8) is 0 Å². The molecule has 0 fully saturated rings. The highest BCUT2D eigenvalue weighted by atomic mass is 31.1. The number of unbranched alkanes of at least 4 members (excludes halogenated alkanes) is 10. The van der Waals surface area contributed by atoms with Gasteiger partial charge < -0.3 is 4.74 Å². The number of hydrogen-bond donors (Lipinski definition) is 0. The molecule has 0 aliphatic carbocycles. The van der Waals surface area contributed by atoms with Crippen LogP contribution in [0.15, 0.2) is 0 Å². The number of esters is 1. The highest BCUT2D eigenvalue weighted by molar-refractivity contribution is 7.59. The first kappa shape index (κ1) is 24.3. The van der Waals surface area contributed by atoms with Crippen molar-refractivity contribution in [3.05, 3.63) is 0 Å². The van der Waals surface area contributed by atoms with E-state index in [1.54, 1.807) is 0 Å². The van der Waals surface area contributed by atoms with Gasteiger partial charge in [-0.2, -0.15) is 0 Å². The normalized spacial score (nSPS) is 13.3. The van der Waals surface area contributed by atoms with E-state index in [9.17, 15) is 4.79 Å². The lowest BCUT2D eigenvalue weighted by molar-refractivity contribution is -0.140. The van der Waals surface area contributed by atoms with Crippen LogP contribution in [0.1, 0.15) is 97.8 Å². The van der Waals surface area contributed by atoms with E-state index in [4.69, 9.17) is 4.74 Å². The van der Waals surface area contributed by atoms with Crippen molar-refractivity contribution in [1.82, 2.24) is 0 Å². The van der Waals surface area contributed by atoms with Crippen molar-refractivity contribution in [2.45, 2.75) is 103 Å². The summed E-state index contributed by atoms with van der Waals surface area (Å²) < 4.78 is 5.30. The first-order valence-corrected chi connectivity index (χ1v) is 13.0. The fourth-order valence-corrected chi connectivity index (χ4v) is 6.20. The molecule has 0 saturated heterocycles. The summed E-state index contributed by atoms with van der Waals surface area (Å²) in [6.07, 6.45) is 18.5. The Morgan fingerprint density at radius 3 is 1.54 bits per heavy atom. The van der Waals surface area contributed by atoms with Crippen LogP contribution in [-0.4, -0.2) is 30.3 Å². The molecule has 0 aromatic carbocycles. The second kappa shape index (κ2) is 19.7. The highest BCUT2D eigenvalue weighted by Gasteiger charge is 2.18. The van der Waals surface area contributed by atoms with Gasteiger partial charge in [0.25, 0.3) is 0 Å². The second-order valence-corrected chi connectivity index (χ2v) is 10.2. The van der Waals surface area contributed by atoms with Crippen LogP contribution in [-0.2, 0) is 9.53 Å². The number of carbonyl (C=O) groups is 1. The molecule has 0 rings (SSSR count). The van der Waals surface area contributed by atoms with E-state index in [0.717, 1.165) is 17.2 Å². The molecule has 2 unspecified atom stereocenters. The molecular weight excluding hydrogens is 334 g/mol. The molecule has 4 heteroatoms. The topological polar surface area (TPSA) is 26.3 Å². The Hall–Kier alpha value is 0.330. The average Bonchev–Trinajstić information content (AvgIpc) is 2.58. The van der Waals surface area contributed by atoms with Gasteiger partial charge in [0.15, 0.2) is 0 Å². The van der Waals surface area contributed by atoms with Crippen molar-refractivity contribution in [2.75, 3.05) is 18.9 Å². The third-order valence-electron chi connectivity index (χ3n) is 4.28. The van der Waals surface area contributed by atoms with Gasteiger partial charge in [0.1, 0.15) is 0 Å². The number of carbonyl (C=O) groups excluding carboxylic acids is 1. The van der Waals surface area contributed by atoms with Crippen molar-refractivity contribution >= 4 is 23.1 Å². The molecule has 0 radical (unpaired) electrons. The van der Waals surface area contributed by atoms with E-state index in [1.165, 1.54) is 89.4 Å². The van der Waals surface area contributed by atoms with E-state index >= 15 is 0 Å². The number of ether oxygens (including phenoxy) is 1. The first-order valence-electron chi connectivity index (χ1n) is 10.4. The Balaban J connectivity index is 3.79. The predicted octanol–water partition coefficient (Wildman–Crippen LogP) is 6.95. The zero-order valence-corrected chi connectivity index (χ0v) is 18.5. The molecule has 0 bridgehead atoms. The van der Waals surface area contributed by atoms with E-state index in [0.29, 0.717) is 6.61 Å². The number of rotatable bonds is 18. The van der Waals surface area contributed by atoms with Gasteiger partial charge in [-0.3, -0.25) is 4.79 Å². The summed E-state index contributed by atoms with van der Waals surface area (Å²) >= 11 is 0. The lowest BCUT2D eigenvalue weighted by Gasteiger charge is -2.16. The van der Waals surface area contributed by atoms with Crippen LogP contribution in [0.3, 0.4) is 0 Å². The zero-order chi connectivity index (χ0) is 17.9. The Labute approximate surface area is 155 Å². The summed E-state index contributed by atoms with van der Waals surface area (Å²) in [5.41, 5.74) is 0. The molecule has 0 saturated carbocycles. The van der Waals surface area contributed by atoms with Crippen molar-refractivity contribution in [3.8, 4) is 0 Å². The maximum absolute atomic E-state index is 12.1. The molecule has 0 amide bonds. The minimum Gasteiger partial charge on any atom is -0.465 e. The SMILES string of the molecule is CCCCCCCCPC(PCCCCCCCC)C(=O)OCC. The second-order valence-electron chi connectivity index (χ2n) is 6.63. The smallest absolute Gasteiger partial charge is 0.317 e. The lowest BCUT2D eigenvalue weighted by atomic mass is 10.1. The fourth-order valence-electron chi connectivity index (χ4n) is 2.77. The standard InChI is InChI=1S/C20H42O2P2/c1-4-7-9-11-13-15-17-23-20(19(21)22-6-3)24-18-16-14-12-10-8-5-2/h20,23-24H,4-18H2,1-3H3. The fraction of sp³-hybridized carbons (Fsp3) is 0.950. The molecular formula is C20H42O2P2. The maximum atomic E-state index is 12.1.